The lowest BCUT2D eigenvalue weighted by Gasteiger charge is -2.22. The second-order valence-corrected chi connectivity index (χ2v) is 7.46. The van der Waals surface area contributed by atoms with Gasteiger partial charge in [-0.05, 0) is 37.6 Å². The molecule has 0 bridgehead atoms. The van der Waals surface area contributed by atoms with Crippen LogP contribution in [-0.4, -0.2) is 45.3 Å². The van der Waals surface area contributed by atoms with Crippen molar-refractivity contribution in [2.24, 2.45) is 0 Å². The van der Waals surface area contributed by atoms with Crippen molar-refractivity contribution < 1.29 is 13.2 Å². The molecule has 1 heterocycles. The van der Waals surface area contributed by atoms with Gasteiger partial charge >= 0.3 is 0 Å². The molecule has 124 valence electrons. The number of rotatable bonds is 4. The minimum absolute atomic E-state index is 0. The van der Waals surface area contributed by atoms with E-state index in [0.29, 0.717) is 5.69 Å². The molecule has 1 unspecified atom stereocenters. The summed E-state index contributed by atoms with van der Waals surface area (Å²) < 4.78 is 25.3. The number of carbonyl (C=O) groups is 1. The lowest BCUT2D eigenvalue weighted by atomic mass is 10.0. The van der Waals surface area contributed by atoms with Crippen molar-refractivity contribution in [3.05, 3.63) is 24.3 Å². The van der Waals surface area contributed by atoms with Crippen molar-refractivity contribution in [2.45, 2.75) is 30.2 Å². The summed E-state index contributed by atoms with van der Waals surface area (Å²) in [5, 5.41) is 5.94. The van der Waals surface area contributed by atoms with Crippen LogP contribution in [0.4, 0.5) is 5.69 Å². The zero-order valence-corrected chi connectivity index (χ0v) is 14.3. The van der Waals surface area contributed by atoms with Crippen molar-refractivity contribution in [3.63, 3.8) is 0 Å². The third-order valence-electron chi connectivity index (χ3n) is 3.51. The van der Waals surface area contributed by atoms with E-state index in [2.05, 4.69) is 10.6 Å². The number of hydrogen-bond donors (Lipinski definition) is 2. The lowest BCUT2D eigenvalue weighted by Crippen LogP contribution is -2.43. The normalized spacial score (nSPS) is 18.6. The summed E-state index contributed by atoms with van der Waals surface area (Å²) in [6, 6.07) is 6.11. The molecule has 0 aliphatic carbocycles. The van der Waals surface area contributed by atoms with E-state index in [1.54, 1.807) is 12.1 Å². The summed E-state index contributed by atoms with van der Waals surface area (Å²) in [6.45, 7) is 0.840. The number of nitrogens with one attached hydrogen (secondary N) is 2. The van der Waals surface area contributed by atoms with E-state index in [0.717, 1.165) is 30.1 Å². The van der Waals surface area contributed by atoms with Gasteiger partial charge in [0, 0.05) is 19.8 Å². The van der Waals surface area contributed by atoms with E-state index in [-0.39, 0.29) is 29.3 Å². The quantitative estimate of drug-likeness (QED) is 0.863. The molecule has 0 saturated carbocycles. The van der Waals surface area contributed by atoms with Crippen LogP contribution in [0.5, 0.6) is 0 Å². The zero-order valence-electron chi connectivity index (χ0n) is 12.7. The van der Waals surface area contributed by atoms with Crippen LogP contribution < -0.4 is 10.6 Å². The predicted molar refractivity (Wildman–Crippen MR) is 88.8 cm³/mol. The minimum atomic E-state index is -3.49. The molecule has 1 fully saturated rings. The van der Waals surface area contributed by atoms with Crippen molar-refractivity contribution >= 4 is 34.0 Å². The average molecular weight is 348 g/mol. The van der Waals surface area contributed by atoms with Gasteiger partial charge in [0.1, 0.15) is 0 Å². The highest BCUT2D eigenvalue weighted by Crippen LogP contribution is 2.18. The Morgan fingerprint density at radius 1 is 1.32 bits per heavy atom. The van der Waals surface area contributed by atoms with Gasteiger partial charge in [-0.3, -0.25) is 4.79 Å². The summed E-state index contributed by atoms with van der Waals surface area (Å²) in [4.78, 5) is 12.3. The third-order valence-corrected chi connectivity index (χ3v) is 5.32. The fourth-order valence-corrected chi connectivity index (χ4v) is 3.20. The first-order valence-electron chi connectivity index (χ1n) is 6.98. The van der Waals surface area contributed by atoms with Crippen LogP contribution in [0.1, 0.15) is 19.3 Å². The highest BCUT2D eigenvalue weighted by atomic mass is 35.5. The fraction of sp³-hybridized carbons (Fsp3) is 0.500. The maximum atomic E-state index is 12.1. The molecule has 1 aromatic rings. The molecule has 0 spiro atoms. The maximum absolute atomic E-state index is 12.1. The Morgan fingerprint density at radius 2 is 2.05 bits per heavy atom. The standard InChI is InChI=1S/C14H21N3O3S.ClH/c1-17(2)21(19,20)12-7-5-6-11(10-12)16-14(18)13-8-3-4-9-15-13;/h5-7,10,13,15H,3-4,8-9H2,1-2H3,(H,16,18);1H. The van der Waals surface area contributed by atoms with Gasteiger partial charge in [0.2, 0.25) is 15.9 Å². The van der Waals surface area contributed by atoms with Crippen LogP contribution in [0, 0.1) is 0 Å². The van der Waals surface area contributed by atoms with E-state index in [9.17, 15) is 13.2 Å². The van der Waals surface area contributed by atoms with E-state index < -0.39 is 10.0 Å². The van der Waals surface area contributed by atoms with E-state index >= 15 is 0 Å². The maximum Gasteiger partial charge on any atom is 0.242 e. The largest absolute Gasteiger partial charge is 0.325 e. The number of amides is 1. The number of nitrogens with zero attached hydrogens (tertiary/aromatic N) is 1. The highest BCUT2D eigenvalue weighted by Gasteiger charge is 2.21. The van der Waals surface area contributed by atoms with Crippen LogP contribution in [0.25, 0.3) is 0 Å². The predicted octanol–water partition coefficient (Wildman–Crippen LogP) is 1.44. The molecule has 0 aromatic heterocycles. The second kappa shape index (κ2) is 7.92. The summed E-state index contributed by atoms with van der Waals surface area (Å²) >= 11 is 0. The summed E-state index contributed by atoms with van der Waals surface area (Å²) in [5.41, 5.74) is 0.496. The lowest BCUT2D eigenvalue weighted by molar-refractivity contribution is -0.118. The number of benzene rings is 1. The Hall–Kier alpha value is -1.15. The van der Waals surface area contributed by atoms with Crippen molar-refractivity contribution in [1.82, 2.24) is 9.62 Å². The Balaban J connectivity index is 0.00000242. The number of carbonyl (C=O) groups excluding carboxylic acids is 1. The molecule has 1 aliphatic rings. The van der Waals surface area contributed by atoms with Crippen molar-refractivity contribution in [3.8, 4) is 0 Å². The molecule has 2 N–H and O–H groups in total. The van der Waals surface area contributed by atoms with Crippen LogP contribution >= 0.6 is 12.4 Å². The van der Waals surface area contributed by atoms with Gasteiger partial charge in [-0.2, -0.15) is 0 Å². The molecule has 22 heavy (non-hydrogen) atoms. The second-order valence-electron chi connectivity index (χ2n) is 5.31. The van der Waals surface area contributed by atoms with Crippen LogP contribution in [0.2, 0.25) is 0 Å². The summed E-state index contributed by atoms with van der Waals surface area (Å²) in [7, 11) is -0.536. The molecule has 1 saturated heterocycles. The van der Waals surface area contributed by atoms with E-state index in [1.165, 1.54) is 26.2 Å². The highest BCUT2D eigenvalue weighted by molar-refractivity contribution is 7.89. The van der Waals surface area contributed by atoms with Gasteiger partial charge in [-0.25, -0.2) is 12.7 Å². The Morgan fingerprint density at radius 3 is 2.64 bits per heavy atom. The molecular weight excluding hydrogens is 326 g/mol. The number of hydrogen-bond acceptors (Lipinski definition) is 4. The smallest absolute Gasteiger partial charge is 0.242 e. The molecule has 0 radical (unpaired) electrons. The van der Waals surface area contributed by atoms with Crippen molar-refractivity contribution in [1.29, 1.82) is 0 Å². The molecule has 6 nitrogen and oxygen atoms in total. The van der Waals surface area contributed by atoms with Gasteiger partial charge in [0.05, 0.1) is 10.9 Å². The van der Waals surface area contributed by atoms with E-state index in [4.69, 9.17) is 0 Å². The molecular formula is C14H22ClN3O3S. The monoisotopic (exact) mass is 347 g/mol. The van der Waals surface area contributed by atoms with Crippen molar-refractivity contribution in [2.75, 3.05) is 26.0 Å². The first kappa shape index (κ1) is 18.9. The molecule has 2 rings (SSSR count). The molecule has 1 amide bonds. The minimum Gasteiger partial charge on any atom is -0.325 e. The summed E-state index contributed by atoms with van der Waals surface area (Å²) in [6.07, 6.45) is 2.92. The Bertz CT molecular complexity index is 614. The van der Waals surface area contributed by atoms with Gasteiger partial charge in [0.25, 0.3) is 0 Å². The molecule has 1 atom stereocenters. The topological polar surface area (TPSA) is 78.5 Å². The fourth-order valence-electron chi connectivity index (χ4n) is 2.25. The average Bonchev–Trinajstić information content (AvgIpc) is 2.48. The number of halogens is 1. The number of sulfonamides is 1. The first-order valence-corrected chi connectivity index (χ1v) is 8.42. The number of piperidine rings is 1. The van der Waals surface area contributed by atoms with Gasteiger partial charge in [-0.1, -0.05) is 12.5 Å². The Labute approximate surface area is 137 Å². The molecule has 8 heteroatoms. The van der Waals surface area contributed by atoms with Crippen LogP contribution in [0.15, 0.2) is 29.2 Å². The summed E-state index contributed by atoms with van der Waals surface area (Å²) in [5.74, 6) is -0.117. The SMILES string of the molecule is CN(C)S(=O)(=O)c1cccc(NC(=O)C2CCCCN2)c1.Cl. The van der Waals surface area contributed by atoms with Crippen LogP contribution in [0.3, 0.4) is 0 Å². The molecule has 1 aromatic carbocycles. The third kappa shape index (κ3) is 4.42. The van der Waals surface area contributed by atoms with Crippen LogP contribution in [-0.2, 0) is 14.8 Å². The first-order chi connectivity index (χ1) is 9.91. The van der Waals surface area contributed by atoms with E-state index in [1.807, 2.05) is 0 Å². The molecule has 1 aliphatic heterocycles. The van der Waals surface area contributed by atoms with Gasteiger partial charge in [0.15, 0.2) is 0 Å². The van der Waals surface area contributed by atoms with Gasteiger partial charge < -0.3 is 10.6 Å². The number of anilines is 1. The Kier molecular flexibility index (Phi) is 6.80. The van der Waals surface area contributed by atoms with Gasteiger partial charge in [-0.15, -0.1) is 12.4 Å². The zero-order chi connectivity index (χ0) is 15.5.